The van der Waals surface area contributed by atoms with Crippen LogP contribution in [0.1, 0.15) is 28.4 Å². The lowest BCUT2D eigenvalue weighted by atomic mass is 10.0. The van der Waals surface area contributed by atoms with Gasteiger partial charge in [0.2, 0.25) is 0 Å². The molecule has 0 bridgehead atoms. The molecule has 0 fully saturated rings. The first-order valence-electron chi connectivity index (χ1n) is 9.47. The summed E-state index contributed by atoms with van der Waals surface area (Å²) < 4.78 is 18.5. The summed E-state index contributed by atoms with van der Waals surface area (Å²) in [6, 6.07) is 14.9. The molecule has 0 aliphatic rings. The number of amides is 1. The second-order valence-electron chi connectivity index (χ2n) is 6.62. The molecule has 0 unspecified atom stereocenters. The highest BCUT2D eigenvalue weighted by molar-refractivity contribution is 7.15. The van der Waals surface area contributed by atoms with Crippen LogP contribution in [-0.4, -0.2) is 18.5 Å². The maximum atomic E-state index is 13.3. The van der Waals surface area contributed by atoms with Gasteiger partial charge in [0, 0.05) is 10.9 Å². The van der Waals surface area contributed by atoms with Crippen LogP contribution in [0.25, 0.3) is 17.2 Å². The van der Waals surface area contributed by atoms with Crippen molar-refractivity contribution < 1.29 is 18.7 Å². The average Bonchev–Trinajstić information content (AvgIpc) is 3.17. The number of nitrogens with one attached hydrogen (secondary N) is 1. The van der Waals surface area contributed by atoms with Crippen LogP contribution in [0.4, 0.5) is 9.39 Å². The lowest BCUT2D eigenvalue weighted by Gasteiger charge is -2.09. The summed E-state index contributed by atoms with van der Waals surface area (Å²) in [6.07, 6.45) is 1.48. The summed E-state index contributed by atoms with van der Waals surface area (Å²) in [5.74, 6) is -1.65. The quantitative estimate of drug-likeness (QED) is 0.312. The number of anilines is 1. The van der Waals surface area contributed by atoms with E-state index in [9.17, 15) is 19.2 Å². The van der Waals surface area contributed by atoms with Gasteiger partial charge in [0.15, 0.2) is 0 Å². The van der Waals surface area contributed by atoms with Crippen LogP contribution in [0, 0.1) is 24.1 Å². The van der Waals surface area contributed by atoms with E-state index >= 15 is 0 Å². The Morgan fingerprint density at radius 1 is 1.16 bits per heavy atom. The molecular weight excluding hydrogens is 415 g/mol. The van der Waals surface area contributed by atoms with Crippen LogP contribution in [0.2, 0.25) is 0 Å². The minimum atomic E-state index is -0.638. The number of carbonyl (C=O) groups is 2. The third kappa shape index (κ3) is 5.24. The van der Waals surface area contributed by atoms with Crippen LogP contribution in [-0.2, 0) is 9.53 Å². The molecule has 31 heavy (non-hydrogen) atoms. The number of nitriles is 1. The van der Waals surface area contributed by atoms with E-state index in [0.717, 1.165) is 16.9 Å². The summed E-state index contributed by atoms with van der Waals surface area (Å²) >= 11 is 1.13. The number of nitrogens with zero attached hydrogens (tertiary/aromatic N) is 1. The van der Waals surface area contributed by atoms with Crippen molar-refractivity contribution in [1.82, 2.24) is 0 Å². The molecule has 0 spiro atoms. The normalized spacial score (nSPS) is 11.0. The Morgan fingerprint density at radius 3 is 2.45 bits per heavy atom. The molecule has 0 aliphatic carbocycles. The van der Waals surface area contributed by atoms with Crippen molar-refractivity contribution in [3.8, 4) is 17.2 Å². The van der Waals surface area contributed by atoms with E-state index in [1.165, 1.54) is 18.2 Å². The highest BCUT2D eigenvalue weighted by Gasteiger charge is 2.23. The molecule has 2 aromatic carbocycles. The van der Waals surface area contributed by atoms with Gasteiger partial charge in [-0.3, -0.25) is 4.79 Å². The van der Waals surface area contributed by atoms with E-state index in [1.807, 2.05) is 37.3 Å². The van der Waals surface area contributed by atoms with Gasteiger partial charge in [-0.25, -0.2) is 9.18 Å². The van der Waals surface area contributed by atoms with Gasteiger partial charge in [0.1, 0.15) is 28.0 Å². The predicted molar refractivity (Wildman–Crippen MR) is 119 cm³/mol. The fourth-order valence-electron chi connectivity index (χ4n) is 2.85. The third-order valence-corrected chi connectivity index (χ3v) is 5.30. The molecule has 0 atom stereocenters. The molecule has 3 rings (SSSR count). The summed E-state index contributed by atoms with van der Waals surface area (Å²) in [4.78, 5) is 25.4. The van der Waals surface area contributed by atoms with E-state index in [2.05, 4.69) is 5.32 Å². The van der Waals surface area contributed by atoms with E-state index in [4.69, 9.17) is 4.74 Å². The number of aryl methyl sites for hydroxylation is 1. The first-order valence-corrected chi connectivity index (χ1v) is 10.3. The first-order chi connectivity index (χ1) is 14.9. The summed E-state index contributed by atoms with van der Waals surface area (Å²) in [5.41, 5.74) is 2.96. The zero-order valence-corrected chi connectivity index (χ0v) is 17.8. The van der Waals surface area contributed by atoms with Crippen molar-refractivity contribution in [2.45, 2.75) is 13.8 Å². The molecular formula is C24H19FN2O3S. The number of thiophene rings is 1. The Hall–Kier alpha value is -3.76. The topological polar surface area (TPSA) is 79.2 Å². The number of halogens is 1. The van der Waals surface area contributed by atoms with Crippen LogP contribution in [0.5, 0.6) is 0 Å². The molecule has 0 radical (unpaired) electrons. The zero-order valence-electron chi connectivity index (χ0n) is 16.9. The van der Waals surface area contributed by atoms with Crippen molar-refractivity contribution in [1.29, 1.82) is 5.26 Å². The van der Waals surface area contributed by atoms with Gasteiger partial charge in [-0.1, -0.05) is 42.0 Å². The monoisotopic (exact) mass is 434 g/mol. The molecule has 156 valence electrons. The highest BCUT2D eigenvalue weighted by atomic mass is 32.1. The van der Waals surface area contributed by atoms with Crippen molar-refractivity contribution in [3.63, 3.8) is 0 Å². The lowest BCUT2D eigenvalue weighted by molar-refractivity contribution is -0.112. The third-order valence-electron chi connectivity index (χ3n) is 4.41. The summed E-state index contributed by atoms with van der Waals surface area (Å²) in [6.45, 7) is 3.78. The molecule has 5 nitrogen and oxygen atoms in total. The maximum absolute atomic E-state index is 13.3. The number of hydrogen-bond acceptors (Lipinski definition) is 5. The van der Waals surface area contributed by atoms with Crippen LogP contribution < -0.4 is 5.32 Å². The number of benzene rings is 2. The minimum Gasteiger partial charge on any atom is -0.462 e. The van der Waals surface area contributed by atoms with Crippen LogP contribution in [0.15, 0.2) is 59.5 Å². The van der Waals surface area contributed by atoms with Crippen LogP contribution >= 0.6 is 11.3 Å². The Balaban J connectivity index is 1.95. The van der Waals surface area contributed by atoms with Gasteiger partial charge < -0.3 is 10.1 Å². The fourth-order valence-corrected chi connectivity index (χ4v) is 3.80. The number of carbonyl (C=O) groups excluding carboxylic acids is 2. The fraction of sp³-hybridized carbons (Fsp3) is 0.125. The van der Waals surface area contributed by atoms with Gasteiger partial charge in [-0.05, 0) is 43.2 Å². The SMILES string of the molecule is CCOC(=O)c1c(-c2ccc(F)cc2)csc1NC(=O)C(C#N)=Cc1ccc(C)cc1. The average molecular weight is 434 g/mol. The van der Waals surface area contributed by atoms with Gasteiger partial charge in [0.25, 0.3) is 5.91 Å². The molecule has 1 N–H and O–H groups in total. The summed E-state index contributed by atoms with van der Waals surface area (Å²) in [7, 11) is 0. The van der Waals surface area contributed by atoms with E-state index in [-0.39, 0.29) is 22.7 Å². The Morgan fingerprint density at radius 2 is 1.84 bits per heavy atom. The number of rotatable bonds is 6. The molecule has 0 saturated heterocycles. The summed E-state index contributed by atoms with van der Waals surface area (Å²) in [5, 5.41) is 14.0. The molecule has 1 aromatic heterocycles. The van der Waals surface area contributed by atoms with Crippen LogP contribution in [0.3, 0.4) is 0 Å². The zero-order chi connectivity index (χ0) is 22.4. The maximum Gasteiger partial charge on any atom is 0.341 e. The Labute approximate surface area is 183 Å². The van der Waals surface area contributed by atoms with E-state index in [1.54, 1.807) is 24.4 Å². The smallest absolute Gasteiger partial charge is 0.341 e. The van der Waals surface area contributed by atoms with Crippen molar-refractivity contribution in [2.75, 3.05) is 11.9 Å². The Bertz CT molecular complexity index is 1170. The molecule has 0 saturated carbocycles. The lowest BCUT2D eigenvalue weighted by Crippen LogP contribution is -2.16. The van der Waals surface area contributed by atoms with E-state index in [0.29, 0.717) is 16.7 Å². The number of esters is 1. The molecule has 1 heterocycles. The molecule has 7 heteroatoms. The highest BCUT2D eigenvalue weighted by Crippen LogP contribution is 2.36. The van der Waals surface area contributed by atoms with Gasteiger partial charge >= 0.3 is 5.97 Å². The van der Waals surface area contributed by atoms with Crippen molar-refractivity contribution in [2.24, 2.45) is 0 Å². The largest absolute Gasteiger partial charge is 0.462 e. The molecule has 3 aromatic rings. The first kappa shape index (κ1) is 21.9. The van der Waals surface area contributed by atoms with Crippen molar-refractivity contribution >= 4 is 34.3 Å². The van der Waals surface area contributed by atoms with Gasteiger partial charge in [-0.2, -0.15) is 5.26 Å². The second-order valence-corrected chi connectivity index (χ2v) is 7.50. The van der Waals surface area contributed by atoms with E-state index < -0.39 is 17.7 Å². The van der Waals surface area contributed by atoms with Crippen molar-refractivity contribution in [3.05, 3.63) is 82.0 Å². The number of hydrogen-bond donors (Lipinski definition) is 1. The standard InChI is InChI=1S/C24H19FN2O3S/c1-3-30-24(29)21-20(17-8-10-19(25)11-9-17)14-31-23(21)27-22(28)18(13-26)12-16-6-4-15(2)5-7-16/h4-12,14H,3H2,1-2H3,(H,27,28). The minimum absolute atomic E-state index is 0.101. The predicted octanol–water partition coefficient (Wildman–Crippen LogP) is 5.59. The van der Waals surface area contributed by atoms with Gasteiger partial charge in [0.05, 0.1) is 6.61 Å². The molecule has 1 amide bonds. The molecule has 0 aliphatic heterocycles. The second kappa shape index (κ2) is 9.83. The number of ether oxygens (including phenoxy) is 1. The Kier molecular flexibility index (Phi) is 6.96. The van der Waals surface area contributed by atoms with Gasteiger partial charge in [-0.15, -0.1) is 11.3 Å².